The summed E-state index contributed by atoms with van der Waals surface area (Å²) in [6, 6.07) is 63.5. The fourth-order valence-corrected chi connectivity index (χ4v) is 8.33. The van der Waals surface area contributed by atoms with E-state index in [-0.39, 0.29) is 0 Å². The largest absolute Gasteiger partial charge is 0.309 e. The highest BCUT2D eigenvalue weighted by Crippen LogP contribution is 2.45. The van der Waals surface area contributed by atoms with Crippen LogP contribution >= 0.6 is 0 Å². The van der Waals surface area contributed by atoms with E-state index in [0.717, 1.165) is 45.2 Å². The molecule has 242 valence electrons. The Morgan fingerprint density at radius 1 is 0.423 bits per heavy atom. The van der Waals surface area contributed by atoms with Gasteiger partial charge in [-0.1, -0.05) is 146 Å². The van der Waals surface area contributed by atoms with E-state index in [9.17, 15) is 0 Å². The summed E-state index contributed by atoms with van der Waals surface area (Å²) < 4.78 is 2.48. The number of rotatable bonds is 3. The van der Waals surface area contributed by atoms with Gasteiger partial charge in [-0.05, 0) is 68.6 Å². The van der Waals surface area contributed by atoms with E-state index in [1.165, 1.54) is 60.0 Å². The molecule has 1 aliphatic rings. The third-order valence-electron chi connectivity index (χ3n) is 10.7. The van der Waals surface area contributed by atoms with Crippen LogP contribution in [0.25, 0.3) is 94.1 Å². The van der Waals surface area contributed by atoms with Gasteiger partial charge in [-0.25, -0.2) is 9.97 Å². The molecule has 10 aromatic rings. The van der Waals surface area contributed by atoms with Gasteiger partial charge in [0.05, 0.1) is 28.1 Å². The number of para-hydroxylation sites is 1. The molecule has 0 spiro atoms. The molecule has 52 heavy (non-hydrogen) atoms. The smallest absolute Gasteiger partial charge is 0.160 e. The van der Waals surface area contributed by atoms with Crippen molar-refractivity contribution >= 4 is 43.4 Å². The minimum atomic E-state index is 0.686. The first-order chi connectivity index (χ1) is 25.8. The maximum Gasteiger partial charge on any atom is 0.160 e. The van der Waals surface area contributed by atoms with Gasteiger partial charge in [0.2, 0.25) is 0 Å². The molecular weight excluding hydrogens is 631 g/mol. The molecule has 0 saturated heterocycles. The average Bonchev–Trinajstić information content (AvgIpc) is 3.54. The topological polar surface area (TPSA) is 30.7 Å². The van der Waals surface area contributed by atoms with Crippen LogP contribution in [0, 0.1) is 0 Å². The number of fused-ring (bicyclic) bond motifs is 10. The van der Waals surface area contributed by atoms with Crippen molar-refractivity contribution in [3.63, 3.8) is 0 Å². The Kier molecular flexibility index (Phi) is 6.31. The molecule has 11 rings (SSSR count). The fourth-order valence-electron chi connectivity index (χ4n) is 8.33. The lowest BCUT2D eigenvalue weighted by molar-refractivity contribution is 1.09. The highest BCUT2D eigenvalue weighted by atomic mass is 15.0. The second-order valence-corrected chi connectivity index (χ2v) is 13.8. The van der Waals surface area contributed by atoms with Crippen molar-refractivity contribution in [2.24, 2.45) is 0 Å². The number of hydrogen-bond donors (Lipinski definition) is 0. The number of aromatic nitrogens is 3. The van der Waals surface area contributed by atoms with Crippen molar-refractivity contribution in [3.8, 4) is 50.7 Å². The minimum Gasteiger partial charge on any atom is -0.309 e. The SMILES string of the molecule is c1ccc(-c2nc(-c3ccc4ccccc4c3)nc3c2Cc2cc(-c4ccccc4)c4c5cc6ccccc6cc5n(c4c2)-c2ccccc2-3)cc1. The third-order valence-corrected chi connectivity index (χ3v) is 10.7. The normalized spacial score (nSPS) is 12.2. The number of nitrogens with zero attached hydrogens (tertiary/aromatic N) is 3. The van der Waals surface area contributed by atoms with Gasteiger partial charge in [-0.15, -0.1) is 0 Å². The molecule has 3 heterocycles. The van der Waals surface area contributed by atoms with Gasteiger partial charge >= 0.3 is 0 Å². The zero-order valence-electron chi connectivity index (χ0n) is 28.3. The van der Waals surface area contributed by atoms with Crippen LogP contribution in [-0.4, -0.2) is 14.5 Å². The van der Waals surface area contributed by atoms with E-state index in [1.54, 1.807) is 0 Å². The van der Waals surface area contributed by atoms with Crippen molar-refractivity contribution in [2.75, 3.05) is 0 Å². The molecule has 3 nitrogen and oxygen atoms in total. The van der Waals surface area contributed by atoms with Gasteiger partial charge in [0.25, 0.3) is 0 Å². The molecule has 0 fully saturated rings. The average molecular weight is 662 g/mol. The summed E-state index contributed by atoms with van der Waals surface area (Å²) in [7, 11) is 0. The quantitative estimate of drug-likeness (QED) is 0.189. The van der Waals surface area contributed by atoms with Crippen LogP contribution in [0.1, 0.15) is 11.1 Å². The summed E-state index contributed by atoms with van der Waals surface area (Å²) in [5.74, 6) is 0.725. The molecule has 1 aliphatic heterocycles. The Morgan fingerprint density at radius 2 is 1.06 bits per heavy atom. The van der Waals surface area contributed by atoms with E-state index in [0.29, 0.717) is 6.42 Å². The lowest BCUT2D eigenvalue weighted by Gasteiger charge is -2.19. The first-order valence-electron chi connectivity index (χ1n) is 17.9. The van der Waals surface area contributed by atoms with E-state index < -0.39 is 0 Å². The first-order valence-corrected chi connectivity index (χ1v) is 17.9. The van der Waals surface area contributed by atoms with Crippen LogP contribution in [0.4, 0.5) is 0 Å². The predicted molar refractivity (Wildman–Crippen MR) is 216 cm³/mol. The lowest BCUT2D eigenvalue weighted by atomic mass is 9.91. The maximum absolute atomic E-state index is 5.54. The summed E-state index contributed by atoms with van der Waals surface area (Å²) in [5.41, 5.74) is 13.4. The van der Waals surface area contributed by atoms with Crippen LogP contribution in [0.2, 0.25) is 0 Å². The Labute approximate surface area is 301 Å². The minimum absolute atomic E-state index is 0.686. The molecule has 0 unspecified atom stereocenters. The van der Waals surface area contributed by atoms with Crippen molar-refractivity contribution in [1.29, 1.82) is 0 Å². The Bertz CT molecular complexity index is 3030. The molecule has 0 aliphatic carbocycles. The van der Waals surface area contributed by atoms with Crippen molar-refractivity contribution in [2.45, 2.75) is 6.42 Å². The number of hydrogen-bond acceptors (Lipinski definition) is 2. The van der Waals surface area contributed by atoms with Crippen LogP contribution in [-0.2, 0) is 6.42 Å². The van der Waals surface area contributed by atoms with E-state index in [2.05, 4.69) is 180 Å². The van der Waals surface area contributed by atoms with E-state index in [1.807, 2.05) is 0 Å². The van der Waals surface area contributed by atoms with Gasteiger partial charge in [0.15, 0.2) is 5.82 Å². The maximum atomic E-state index is 5.54. The first kappa shape index (κ1) is 28.9. The van der Waals surface area contributed by atoms with Gasteiger partial charge in [0.1, 0.15) is 0 Å². The summed E-state index contributed by atoms with van der Waals surface area (Å²) in [6.45, 7) is 0. The van der Waals surface area contributed by atoms with Gasteiger partial charge < -0.3 is 4.57 Å². The molecule has 0 radical (unpaired) electrons. The molecule has 2 bridgehead atoms. The van der Waals surface area contributed by atoms with Crippen molar-refractivity contribution < 1.29 is 0 Å². The zero-order valence-corrected chi connectivity index (χ0v) is 28.3. The Hall–Kier alpha value is -6.84. The van der Waals surface area contributed by atoms with Crippen LogP contribution in [0.15, 0.2) is 176 Å². The summed E-state index contributed by atoms with van der Waals surface area (Å²) in [4.78, 5) is 11.0. The van der Waals surface area contributed by atoms with Crippen LogP contribution in [0.3, 0.4) is 0 Å². The van der Waals surface area contributed by atoms with Gasteiger partial charge in [0, 0.05) is 39.4 Å². The fraction of sp³-hybridized carbons (Fsp3) is 0.0204. The monoisotopic (exact) mass is 661 g/mol. The van der Waals surface area contributed by atoms with Crippen LogP contribution in [0.5, 0.6) is 0 Å². The standard InChI is InChI=1S/C49H31N3/c1-3-14-33(15-4-1)40-25-31-26-42-47(34-16-5-2-6-17-34)50-49(38-24-23-32-13-7-8-18-35(32)28-38)51-48(42)39-21-11-12-22-43(39)52-44-30-37-20-10-9-19-36(37)29-41(44)46(40)45(52)27-31/h1-25,27-30H,26H2. The Balaban J connectivity index is 1.29. The summed E-state index contributed by atoms with van der Waals surface area (Å²) in [5, 5.41) is 7.35. The highest BCUT2D eigenvalue weighted by molar-refractivity contribution is 6.19. The van der Waals surface area contributed by atoms with E-state index >= 15 is 0 Å². The van der Waals surface area contributed by atoms with Crippen molar-refractivity contribution in [1.82, 2.24) is 14.5 Å². The highest BCUT2D eigenvalue weighted by Gasteiger charge is 2.26. The molecule has 0 N–H and O–H groups in total. The molecule has 0 saturated carbocycles. The third kappa shape index (κ3) is 4.46. The van der Waals surface area contributed by atoms with Crippen molar-refractivity contribution in [3.05, 3.63) is 187 Å². The predicted octanol–water partition coefficient (Wildman–Crippen LogP) is 12.5. The molecule has 3 heteroatoms. The second kappa shape index (κ2) is 11.3. The Morgan fingerprint density at radius 3 is 1.85 bits per heavy atom. The summed E-state index contributed by atoms with van der Waals surface area (Å²) in [6.07, 6.45) is 0.686. The molecule has 0 amide bonds. The molecule has 0 atom stereocenters. The summed E-state index contributed by atoms with van der Waals surface area (Å²) >= 11 is 0. The lowest BCUT2D eigenvalue weighted by Crippen LogP contribution is -2.05. The molecular formula is C49H31N3. The van der Waals surface area contributed by atoms with E-state index in [4.69, 9.17) is 9.97 Å². The molecule has 2 aromatic heterocycles. The second-order valence-electron chi connectivity index (χ2n) is 13.8. The molecule has 8 aromatic carbocycles. The van der Waals surface area contributed by atoms with Gasteiger partial charge in [-0.2, -0.15) is 0 Å². The number of benzene rings is 8. The zero-order chi connectivity index (χ0) is 34.2. The van der Waals surface area contributed by atoms with Crippen LogP contribution < -0.4 is 0 Å². The van der Waals surface area contributed by atoms with Gasteiger partial charge in [-0.3, -0.25) is 0 Å².